The van der Waals surface area contributed by atoms with Gasteiger partial charge in [0, 0.05) is 46.4 Å². The molecule has 2 aliphatic rings. The van der Waals surface area contributed by atoms with Gasteiger partial charge >= 0.3 is 0 Å². The third-order valence-corrected chi connectivity index (χ3v) is 5.74. The molecule has 6 nitrogen and oxygen atoms in total. The van der Waals surface area contributed by atoms with Crippen LogP contribution in [0.25, 0.3) is 0 Å². The van der Waals surface area contributed by atoms with E-state index in [4.69, 9.17) is 9.47 Å². The van der Waals surface area contributed by atoms with Crippen LogP contribution in [-0.4, -0.2) is 63.5 Å². The van der Waals surface area contributed by atoms with Crippen molar-refractivity contribution in [3.05, 3.63) is 35.4 Å². The lowest BCUT2D eigenvalue weighted by atomic mass is 9.98. The quantitative estimate of drug-likeness (QED) is 0.222. The van der Waals surface area contributed by atoms with E-state index in [1.807, 2.05) is 7.05 Å². The molecular weight excluding hydrogens is 491 g/mol. The molecule has 170 valence electrons. The molecule has 1 aromatic carbocycles. The fourth-order valence-corrected chi connectivity index (χ4v) is 3.95. The van der Waals surface area contributed by atoms with Crippen molar-refractivity contribution in [3.8, 4) is 0 Å². The van der Waals surface area contributed by atoms with Crippen molar-refractivity contribution in [2.24, 2.45) is 4.99 Å². The van der Waals surface area contributed by atoms with Crippen LogP contribution in [-0.2, 0) is 22.6 Å². The minimum atomic E-state index is 0. The summed E-state index contributed by atoms with van der Waals surface area (Å²) in [6.07, 6.45) is 8.01. The molecule has 2 fully saturated rings. The zero-order chi connectivity index (χ0) is 20.2. The highest BCUT2D eigenvalue weighted by atomic mass is 127. The van der Waals surface area contributed by atoms with E-state index in [0.29, 0.717) is 6.10 Å². The van der Waals surface area contributed by atoms with Crippen LogP contribution in [0, 0.1) is 0 Å². The van der Waals surface area contributed by atoms with Crippen LogP contribution in [0.15, 0.2) is 29.3 Å². The summed E-state index contributed by atoms with van der Waals surface area (Å²) in [7, 11) is 1.82. The first-order valence-corrected chi connectivity index (χ1v) is 11.3. The molecule has 1 aliphatic carbocycles. The molecule has 3 rings (SSSR count). The summed E-state index contributed by atoms with van der Waals surface area (Å²) < 4.78 is 11.4. The Morgan fingerprint density at radius 2 is 1.77 bits per heavy atom. The highest BCUT2D eigenvalue weighted by Crippen LogP contribution is 2.20. The van der Waals surface area contributed by atoms with Gasteiger partial charge in [0.15, 0.2) is 5.96 Å². The average Bonchev–Trinajstić information content (AvgIpc) is 2.78. The number of hydrogen-bond acceptors (Lipinski definition) is 4. The molecule has 7 heteroatoms. The number of benzene rings is 1. The Morgan fingerprint density at radius 3 is 2.47 bits per heavy atom. The summed E-state index contributed by atoms with van der Waals surface area (Å²) in [5, 5.41) is 6.78. The maximum absolute atomic E-state index is 5.98. The van der Waals surface area contributed by atoms with Crippen molar-refractivity contribution in [3.63, 3.8) is 0 Å². The van der Waals surface area contributed by atoms with Gasteiger partial charge in [-0.3, -0.25) is 9.89 Å². The zero-order valence-electron chi connectivity index (χ0n) is 18.4. The molecule has 1 saturated heterocycles. The van der Waals surface area contributed by atoms with E-state index in [0.717, 1.165) is 64.9 Å². The van der Waals surface area contributed by atoms with Crippen LogP contribution in [0.3, 0.4) is 0 Å². The van der Waals surface area contributed by atoms with Gasteiger partial charge in [-0.05, 0) is 30.4 Å². The van der Waals surface area contributed by atoms with Gasteiger partial charge in [-0.15, -0.1) is 24.0 Å². The summed E-state index contributed by atoms with van der Waals surface area (Å²) in [6, 6.07) is 8.86. The van der Waals surface area contributed by atoms with E-state index >= 15 is 0 Å². The summed E-state index contributed by atoms with van der Waals surface area (Å²) in [4.78, 5) is 6.77. The standard InChI is InChI=1S/C23H38N4O2.HI/c1-24-23(25-12-5-15-29-22-6-3-2-4-7-22)26-18-20-8-10-21(11-9-20)19-27-13-16-28-17-14-27;/h8-11,22H,2-7,12-19H2,1H3,(H2,24,25,26);1H. The van der Waals surface area contributed by atoms with Gasteiger partial charge in [0.05, 0.1) is 19.3 Å². The second-order valence-electron chi connectivity index (χ2n) is 8.04. The molecule has 1 heterocycles. The zero-order valence-corrected chi connectivity index (χ0v) is 20.7. The predicted molar refractivity (Wildman–Crippen MR) is 134 cm³/mol. The van der Waals surface area contributed by atoms with Gasteiger partial charge in [0.2, 0.25) is 0 Å². The van der Waals surface area contributed by atoms with Gasteiger partial charge in [0.1, 0.15) is 0 Å². The monoisotopic (exact) mass is 530 g/mol. The van der Waals surface area contributed by atoms with Crippen molar-refractivity contribution in [1.29, 1.82) is 0 Å². The lowest BCUT2D eigenvalue weighted by molar-refractivity contribution is 0.0277. The molecular formula is C23H39IN4O2. The number of nitrogens with one attached hydrogen (secondary N) is 2. The van der Waals surface area contributed by atoms with Crippen molar-refractivity contribution in [1.82, 2.24) is 15.5 Å². The Hall–Kier alpha value is -0.900. The van der Waals surface area contributed by atoms with Crippen LogP contribution in [0.5, 0.6) is 0 Å². The molecule has 30 heavy (non-hydrogen) atoms. The topological polar surface area (TPSA) is 58.1 Å². The first-order chi connectivity index (χ1) is 14.3. The van der Waals surface area contributed by atoms with Gasteiger partial charge in [-0.25, -0.2) is 0 Å². The molecule has 0 amide bonds. The fourth-order valence-electron chi connectivity index (χ4n) is 3.95. The lowest BCUT2D eigenvalue weighted by Crippen LogP contribution is -2.37. The van der Waals surface area contributed by atoms with Crippen molar-refractivity contribution < 1.29 is 9.47 Å². The van der Waals surface area contributed by atoms with Crippen molar-refractivity contribution >= 4 is 29.9 Å². The van der Waals surface area contributed by atoms with E-state index in [2.05, 4.69) is 44.8 Å². The van der Waals surface area contributed by atoms with Gasteiger partial charge in [0.25, 0.3) is 0 Å². The van der Waals surface area contributed by atoms with Gasteiger partial charge in [-0.2, -0.15) is 0 Å². The number of rotatable bonds is 9. The largest absolute Gasteiger partial charge is 0.379 e. The number of morpholine rings is 1. The smallest absolute Gasteiger partial charge is 0.191 e. The average molecular weight is 530 g/mol. The van der Waals surface area contributed by atoms with Crippen molar-refractivity contribution in [2.45, 2.75) is 57.7 Å². The van der Waals surface area contributed by atoms with Crippen LogP contribution < -0.4 is 10.6 Å². The van der Waals surface area contributed by atoms with E-state index in [9.17, 15) is 0 Å². The Bertz CT molecular complexity index is 600. The summed E-state index contributed by atoms with van der Waals surface area (Å²) in [6.45, 7) is 7.24. The number of guanidine groups is 1. The van der Waals surface area contributed by atoms with Crippen LogP contribution in [0.4, 0.5) is 0 Å². The Kier molecular flexibility index (Phi) is 12.7. The predicted octanol–water partition coefficient (Wildman–Crippen LogP) is 3.54. The third kappa shape index (κ3) is 9.49. The molecule has 0 aromatic heterocycles. The van der Waals surface area contributed by atoms with E-state index < -0.39 is 0 Å². The number of hydrogen-bond donors (Lipinski definition) is 2. The maximum atomic E-state index is 5.98. The van der Waals surface area contributed by atoms with Crippen LogP contribution in [0.1, 0.15) is 49.7 Å². The second kappa shape index (κ2) is 15.0. The number of ether oxygens (including phenoxy) is 2. The Labute approximate surface area is 199 Å². The first kappa shape index (κ1) is 25.4. The SMILES string of the molecule is CN=C(NCCCOC1CCCCC1)NCc1ccc(CN2CCOCC2)cc1.I. The Morgan fingerprint density at radius 1 is 1.07 bits per heavy atom. The molecule has 1 aliphatic heterocycles. The molecule has 1 aromatic rings. The van der Waals surface area contributed by atoms with Gasteiger partial charge in [-0.1, -0.05) is 43.5 Å². The number of nitrogens with zero attached hydrogens (tertiary/aromatic N) is 2. The summed E-state index contributed by atoms with van der Waals surface area (Å²) in [5.74, 6) is 0.847. The minimum absolute atomic E-state index is 0. The maximum Gasteiger partial charge on any atom is 0.191 e. The van der Waals surface area contributed by atoms with E-state index in [-0.39, 0.29) is 24.0 Å². The van der Waals surface area contributed by atoms with Crippen molar-refractivity contribution in [2.75, 3.05) is 46.5 Å². The summed E-state index contributed by atoms with van der Waals surface area (Å²) in [5.41, 5.74) is 2.62. The van der Waals surface area contributed by atoms with Crippen LogP contribution in [0.2, 0.25) is 0 Å². The normalized spacial score (nSPS) is 18.6. The first-order valence-electron chi connectivity index (χ1n) is 11.3. The molecule has 0 radical (unpaired) electrons. The van der Waals surface area contributed by atoms with E-state index in [1.54, 1.807) is 0 Å². The highest BCUT2D eigenvalue weighted by molar-refractivity contribution is 14.0. The number of halogens is 1. The second-order valence-corrected chi connectivity index (χ2v) is 8.04. The fraction of sp³-hybridized carbons (Fsp3) is 0.696. The molecule has 1 saturated carbocycles. The lowest BCUT2D eigenvalue weighted by Gasteiger charge is -2.26. The molecule has 0 spiro atoms. The minimum Gasteiger partial charge on any atom is -0.379 e. The molecule has 0 unspecified atom stereocenters. The Balaban J connectivity index is 0.00000320. The summed E-state index contributed by atoms with van der Waals surface area (Å²) >= 11 is 0. The number of aliphatic imine (C=N–C) groups is 1. The molecule has 2 N–H and O–H groups in total. The highest BCUT2D eigenvalue weighted by Gasteiger charge is 2.13. The third-order valence-electron chi connectivity index (χ3n) is 5.74. The van der Waals surface area contributed by atoms with Gasteiger partial charge < -0.3 is 20.1 Å². The molecule has 0 bridgehead atoms. The van der Waals surface area contributed by atoms with E-state index in [1.165, 1.54) is 43.2 Å². The van der Waals surface area contributed by atoms with Crippen LogP contribution >= 0.6 is 24.0 Å². The molecule has 0 atom stereocenters.